The lowest BCUT2D eigenvalue weighted by atomic mass is 9.99. The molecule has 0 aliphatic carbocycles. The van der Waals surface area contributed by atoms with Crippen LogP contribution in [0.2, 0.25) is 0 Å². The zero-order valence-electron chi connectivity index (χ0n) is 17.5. The topological polar surface area (TPSA) is 75.7 Å². The maximum Gasteiger partial charge on any atom is 0.261 e. The van der Waals surface area contributed by atoms with E-state index in [1.165, 1.54) is 17.7 Å². The molecule has 1 aliphatic heterocycles. The van der Waals surface area contributed by atoms with Crippen LogP contribution < -0.4 is 9.46 Å². The Bertz CT molecular complexity index is 1230. The first kappa shape index (κ1) is 21.8. The molecule has 166 valence electrons. The highest BCUT2D eigenvalue weighted by molar-refractivity contribution is 7.92. The minimum atomic E-state index is -3.82. The Morgan fingerprint density at radius 3 is 2.44 bits per heavy atom. The second-order valence-electron chi connectivity index (χ2n) is 7.63. The molecule has 0 radical (unpaired) electrons. The summed E-state index contributed by atoms with van der Waals surface area (Å²) in [7, 11) is -2.20. The van der Waals surface area contributed by atoms with Crippen LogP contribution in [-0.4, -0.2) is 32.9 Å². The quantitative estimate of drug-likeness (QED) is 0.615. The van der Waals surface area contributed by atoms with E-state index >= 15 is 0 Å². The molecule has 4 rings (SSSR count). The molecule has 0 saturated heterocycles. The molecule has 3 aromatic rings. The van der Waals surface area contributed by atoms with Gasteiger partial charge in [0.05, 0.1) is 18.4 Å². The Balaban J connectivity index is 1.39. The number of carbonyl (C=O) groups is 1. The molecule has 3 aromatic carbocycles. The average Bonchev–Trinajstić information content (AvgIpc) is 2.79. The van der Waals surface area contributed by atoms with Gasteiger partial charge in [-0.25, -0.2) is 12.8 Å². The second-order valence-corrected chi connectivity index (χ2v) is 9.32. The van der Waals surface area contributed by atoms with Gasteiger partial charge < -0.3 is 9.64 Å². The number of anilines is 1. The van der Waals surface area contributed by atoms with Gasteiger partial charge in [-0.2, -0.15) is 0 Å². The molecule has 0 saturated carbocycles. The van der Waals surface area contributed by atoms with Crippen LogP contribution in [-0.2, 0) is 34.2 Å². The monoisotopic (exact) mass is 454 g/mol. The number of methoxy groups -OCH3 is 1. The predicted octanol–water partition coefficient (Wildman–Crippen LogP) is 3.76. The van der Waals surface area contributed by atoms with E-state index in [-0.39, 0.29) is 17.2 Å². The van der Waals surface area contributed by atoms with Crippen LogP contribution in [0.4, 0.5) is 10.1 Å². The predicted molar refractivity (Wildman–Crippen MR) is 119 cm³/mol. The van der Waals surface area contributed by atoms with Crippen molar-refractivity contribution in [2.24, 2.45) is 0 Å². The number of hydrogen-bond donors (Lipinski definition) is 1. The van der Waals surface area contributed by atoms with E-state index in [0.717, 1.165) is 35.4 Å². The molecule has 32 heavy (non-hydrogen) atoms. The SMILES string of the molecule is COc1ccc2c(c1)CN(C(=O)Cc1ccc(NS(=O)(=O)c3ccc(F)cc3)cc1)CC2. The van der Waals surface area contributed by atoms with Crippen molar-refractivity contribution < 1.29 is 22.3 Å². The molecular weight excluding hydrogens is 431 g/mol. The molecule has 1 heterocycles. The molecule has 1 amide bonds. The molecule has 8 heteroatoms. The normalized spacial score (nSPS) is 13.4. The Morgan fingerprint density at radius 1 is 1.03 bits per heavy atom. The Labute approximate surface area is 186 Å². The number of halogens is 1. The van der Waals surface area contributed by atoms with Gasteiger partial charge in [0.2, 0.25) is 5.91 Å². The molecule has 0 aromatic heterocycles. The number of sulfonamides is 1. The number of carbonyl (C=O) groups excluding carboxylic acids is 1. The van der Waals surface area contributed by atoms with Gasteiger partial charge >= 0.3 is 0 Å². The van der Waals surface area contributed by atoms with E-state index in [9.17, 15) is 17.6 Å². The lowest BCUT2D eigenvalue weighted by Gasteiger charge is -2.29. The van der Waals surface area contributed by atoms with Crippen molar-refractivity contribution in [3.05, 3.63) is 89.2 Å². The summed E-state index contributed by atoms with van der Waals surface area (Å²) in [6.45, 7) is 1.20. The van der Waals surface area contributed by atoms with E-state index in [4.69, 9.17) is 4.74 Å². The first-order chi connectivity index (χ1) is 15.3. The fraction of sp³-hybridized carbons (Fsp3) is 0.208. The number of nitrogens with one attached hydrogen (secondary N) is 1. The lowest BCUT2D eigenvalue weighted by molar-refractivity contribution is -0.131. The third kappa shape index (κ3) is 4.91. The average molecular weight is 455 g/mol. The van der Waals surface area contributed by atoms with Gasteiger partial charge in [0, 0.05) is 18.8 Å². The van der Waals surface area contributed by atoms with Crippen LogP contribution in [0.5, 0.6) is 5.75 Å². The van der Waals surface area contributed by atoms with Crippen molar-refractivity contribution in [3.63, 3.8) is 0 Å². The van der Waals surface area contributed by atoms with E-state index in [0.29, 0.717) is 18.8 Å². The molecule has 1 aliphatic rings. The summed E-state index contributed by atoms with van der Waals surface area (Å²) in [4.78, 5) is 14.6. The van der Waals surface area contributed by atoms with Gasteiger partial charge in [0.1, 0.15) is 11.6 Å². The molecule has 0 bridgehead atoms. The van der Waals surface area contributed by atoms with Gasteiger partial charge in [0.15, 0.2) is 0 Å². The minimum absolute atomic E-state index is 0.0121. The van der Waals surface area contributed by atoms with E-state index < -0.39 is 15.8 Å². The first-order valence-electron chi connectivity index (χ1n) is 10.1. The number of nitrogens with zero attached hydrogens (tertiary/aromatic N) is 1. The Morgan fingerprint density at radius 2 is 1.75 bits per heavy atom. The molecule has 0 atom stereocenters. The summed E-state index contributed by atoms with van der Waals surface area (Å²) in [5.74, 6) is 0.282. The summed E-state index contributed by atoms with van der Waals surface area (Å²) in [6.07, 6.45) is 1.03. The van der Waals surface area contributed by atoms with Gasteiger partial charge in [0.25, 0.3) is 10.0 Å². The molecular formula is C24H23FN2O4S. The van der Waals surface area contributed by atoms with Gasteiger partial charge in [-0.3, -0.25) is 9.52 Å². The fourth-order valence-corrected chi connectivity index (χ4v) is 4.74. The smallest absolute Gasteiger partial charge is 0.261 e. The standard InChI is InChI=1S/C24H23FN2O4S/c1-31-22-9-4-18-12-13-27(16-19(18)15-22)24(28)14-17-2-7-21(8-3-17)26-32(29,30)23-10-5-20(25)6-11-23/h2-11,15,26H,12-14,16H2,1H3. The largest absolute Gasteiger partial charge is 0.497 e. The fourth-order valence-electron chi connectivity index (χ4n) is 3.68. The summed E-state index contributed by atoms with van der Waals surface area (Å²) in [5.41, 5.74) is 3.47. The summed E-state index contributed by atoms with van der Waals surface area (Å²) < 4.78 is 45.6. The second kappa shape index (κ2) is 9.00. The van der Waals surface area contributed by atoms with Crippen LogP contribution in [0.3, 0.4) is 0 Å². The Hall–Kier alpha value is -3.39. The number of rotatable bonds is 6. The van der Waals surface area contributed by atoms with Crippen LogP contribution in [0.1, 0.15) is 16.7 Å². The maximum absolute atomic E-state index is 13.0. The van der Waals surface area contributed by atoms with Crippen LogP contribution in [0.25, 0.3) is 0 Å². The highest BCUT2D eigenvalue weighted by atomic mass is 32.2. The van der Waals surface area contributed by atoms with Gasteiger partial charge in [-0.05, 0) is 71.6 Å². The van der Waals surface area contributed by atoms with E-state index in [1.54, 1.807) is 31.4 Å². The van der Waals surface area contributed by atoms with Crippen LogP contribution >= 0.6 is 0 Å². The summed E-state index contributed by atoms with van der Waals surface area (Å²) >= 11 is 0. The van der Waals surface area contributed by atoms with Crippen molar-refractivity contribution in [2.45, 2.75) is 24.3 Å². The van der Waals surface area contributed by atoms with Crippen LogP contribution in [0.15, 0.2) is 71.6 Å². The molecule has 1 N–H and O–H groups in total. The van der Waals surface area contributed by atoms with E-state index in [1.807, 2.05) is 23.1 Å². The van der Waals surface area contributed by atoms with Gasteiger partial charge in [-0.1, -0.05) is 18.2 Å². The zero-order chi connectivity index (χ0) is 22.7. The first-order valence-corrected chi connectivity index (χ1v) is 11.6. The van der Waals surface area contributed by atoms with Crippen molar-refractivity contribution in [3.8, 4) is 5.75 Å². The third-order valence-electron chi connectivity index (χ3n) is 5.46. The van der Waals surface area contributed by atoms with Crippen molar-refractivity contribution in [2.75, 3.05) is 18.4 Å². The number of hydrogen-bond acceptors (Lipinski definition) is 4. The van der Waals surface area contributed by atoms with Crippen molar-refractivity contribution >= 4 is 21.6 Å². The van der Waals surface area contributed by atoms with Crippen molar-refractivity contribution in [1.29, 1.82) is 0 Å². The van der Waals surface area contributed by atoms with Crippen molar-refractivity contribution in [1.82, 2.24) is 4.90 Å². The summed E-state index contributed by atoms with van der Waals surface area (Å²) in [5, 5.41) is 0. The molecule has 0 spiro atoms. The van der Waals surface area contributed by atoms with E-state index in [2.05, 4.69) is 4.72 Å². The minimum Gasteiger partial charge on any atom is -0.497 e. The van der Waals surface area contributed by atoms with Crippen LogP contribution in [0, 0.1) is 5.82 Å². The summed E-state index contributed by atoms with van der Waals surface area (Å²) in [6, 6.07) is 17.2. The highest BCUT2D eigenvalue weighted by Crippen LogP contribution is 2.24. The highest BCUT2D eigenvalue weighted by Gasteiger charge is 2.21. The molecule has 0 fully saturated rings. The number of fused-ring (bicyclic) bond motifs is 1. The number of amides is 1. The lowest BCUT2D eigenvalue weighted by Crippen LogP contribution is -2.36. The van der Waals surface area contributed by atoms with Gasteiger partial charge in [-0.15, -0.1) is 0 Å². The molecule has 6 nitrogen and oxygen atoms in total. The number of benzene rings is 3. The zero-order valence-corrected chi connectivity index (χ0v) is 18.4. The molecule has 0 unspecified atom stereocenters. The maximum atomic E-state index is 13.0. The number of ether oxygens (including phenoxy) is 1. The third-order valence-corrected chi connectivity index (χ3v) is 6.86. The Kier molecular flexibility index (Phi) is 6.14.